The number of rotatable bonds is 5. The lowest BCUT2D eigenvalue weighted by atomic mass is 9.99. The van der Waals surface area contributed by atoms with Gasteiger partial charge in [0.15, 0.2) is 0 Å². The van der Waals surface area contributed by atoms with Gasteiger partial charge in [0.1, 0.15) is 0 Å². The Balaban J connectivity index is 1.38. The van der Waals surface area contributed by atoms with E-state index in [2.05, 4.69) is 65.7 Å². The fraction of sp³-hybridized carbons (Fsp3) is 0.435. The lowest BCUT2D eigenvalue weighted by Gasteiger charge is -2.20. The number of hydrogen-bond acceptors (Lipinski definition) is 2. The van der Waals surface area contributed by atoms with Crippen LogP contribution in [0.3, 0.4) is 0 Å². The number of nitrogens with one attached hydrogen (secondary N) is 1. The van der Waals surface area contributed by atoms with E-state index in [1.807, 2.05) is 0 Å². The number of carbonyl (C=O) groups is 1. The van der Waals surface area contributed by atoms with Gasteiger partial charge in [-0.15, -0.1) is 0 Å². The van der Waals surface area contributed by atoms with Gasteiger partial charge in [-0.1, -0.05) is 48.5 Å². The van der Waals surface area contributed by atoms with Gasteiger partial charge >= 0.3 is 0 Å². The summed E-state index contributed by atoms with van der Waals surface area (Å²) < 4.78 is 0. The van der Waals surface area contributed by atoms with Crippen LogP contribution >= 0.6 is 0 Å². The third-order valence-corrected chi connectivity index (χ3v) is 5.97. The maximum absolute atomic E-state index is 11.4. The summed E-state index contributed by atoms with van der Waals surface area (Å²) in [6, 6.07) is 18.6. The number of carbonyl (C=O) groups excluding carboxylic acids is 1. The Morgan fingerprint density at radius 3 is 2.27 bits per heavy atom. The van der Waals surface area contributed by atoms with Gasteiger partial charge in [0, 0.05) is 19.0 Å². The van der Waals surface area contributed by atoms with Crippen LogP contribution in [0.5, 0.6) is 0 Å². The number of hydrogen-bond donors (Lipinski definition) is 1. The van der Waals surface area contributed by atoms with E-state index in [-0.39, 0.29) is 11.9 Å². The van der Waals surface area contributed by atoms with Gasteiger partial charge < -0.3 is 10.2 Å². The summed E-state index contributed by atoms with van der Waals surface area (Å²) in [5.41, 5.74) is 5.11. The second kappa shape index (κ2) is 7.63. The first kappa shape index (κ1) is 17.3. The summed E-state index contributed by atoms with van der Waals surface area (Å²) in [4.78, 5) is 14.0. The van der Waals surface area contributed by atoms with Crippen molar-refractivity contribution in [2.75, 3.05) is 13.1 Å². The molecule has 136 valence electrons. The lowest BCUT2D eigenvalue weighted by molar-refractivity contribution is -0.119. The van der Waals surface area contributed by atoms with Crippen molar-refractivity contribution in [3.8, 4) is 11.1 Å². The van der Waals surface area contributed by atoms with E-state index in [1.165, 1.54) is 48.2 Å². The SMILES string of the molecule is C[C@@H]1CCCN1CCc1ccc(-c2ccc(C3CCC(=O)N3)cc2)cc1. The number of nitrogens with zero attached hydrogens (tertiary/aromatic N) is 1. The molecule has 2 atom stereocenters. The van der Waals surface area contributed by atoms with Crippen molar-refractivity contribution in [2.24, 2.45) is 0 Å². The van der Waals surface area contributed by atoms with Crippen molar-refractivity contribution in [1.82, 2.24) is 10.2 Å². The molecule has 0 radical (unpaired) electrons. The Kier molecular flexibility index (Phi) is 5.07. The predicted octanol–water partition coefficient (Wildman–Crippen LogP) is 4.33. The third-order valence-electron chi connectivity index (χ3n) is 5.97. The van der Waals surface area contributed by atoms with Crippen molar-refractivity contribution in [3.05, 3.63) is 59.7 Å². The highest BCUT2D eigenvalue weighted by Gasteiger charge is 2.22. The summed E-state index contributed by atoms with van der Waals surface area (Å²) in [6.45, 7) is 4.77. The molecule has 2 heterocycles. The molecule has 4 rings (SSSR count). The minimum absolute atomic E-state index is 0.165. The normalized spacial score (nSPS) is 23.3. The zero-order valence-electron chi connectivity index (χ0n) is 15.6. The van der Waals surface area contributed by atoms with E-state index in [9.17, 15) is 4.79 Å². The molecule has 2 aliphatic heterocycles. The van der Waals surface area contributed by atoms with Crippen molar-refractivity contribution in [2.45, 2.75) is 51.1 Å². The first-order valence-electron chi connectivity index (χ1n) is 9.92. The van der Waals surface area contributed by atoms with Gasteiger partial charge in [-0.05, 0) is 61.4 Å². The lowest BCUT2D eigenvalue weighted by Crippen LogP contribution is -2.28. The van der Waals surface area contributed by atoms with Crippen LogP contribution in [0.4, 0.5) is 0 Å². The molecule has 26 heavy (non-hydrogen) atoms. The van der Waals surface area contributed by atoms with Crippen LogP contribution in [-0.4, -0.2) is 29.9 Å². The van der Waals surface area contributed by atoms with Crippen LogP contribution in [-0.2, 0) is 11.2 Å². The maximum atomic E-state index is 11.4. The number of amides is 1. The molecule has 1 unspecified atom stereocenters. The highest BCUT2D eigenvalue weighted by atomic mass is 16.1. The van der Waals surface area contributed by atoms with Gasteiger partial charge in [-0.2, -0.15) is 0 Å². The van der Waals surface area contributed by atoms with E-state index < -0.39 is 0 Å². The maximum Gasteiger partial charge on any atom is 0.220 e. The van der Waals surface area contributed by atoms with Gasteiger partial charge in [0.2, 0.25) is 5.91 Å². The molecule has 2 fully saturated rings. The molecule has 2 aromatic rings. The summed E-state index contributed by atoms with van der Waals surface area (Å²) in [6.07, 6.45) is 5.37. The fourth-order valence-electron chi connectivity index (χ4n) is 4.23. The molecule has 1 N–H and O–H groups in total. The molecule has 0 aliphatic carbocycles. The van der Waals surface area contributed by atoms with Crippen molar-refractivity contribution < 1.29 is 4.79 Å². The van der Waals surface area contributed by atoms with E-state index in [1.54, 1.807) is 0 Å². The Bertz CT molecular complexity index is 751. The Morgan fingerprint density at radius 2 is 1.69 bits per heavy atom. The molecule has 0 saturated carbocycles. The quantitative estimate of drug-likeness (QED) is 0.872. The molecule has 2 saturated heterocycles. The van der Waals surface area contributed by atoms with Gasteiger partial charge in [0.25, 0.3) is 0 Å². The second-order valence-electron chi connectivity index (χ2n) is 7.75. The molecule has 2 aliphatic rings. The van der Waals surface area contributed by atoms with E-state index >= 15 is 0 Å². The fourth-order valence-corrected chi connectivity index (χ4v) is 4.23. The van der Waals surface area contributed by atoms with Crippen molar-refractivity contribution in [1.29, 1.82) is 0 Å². The number of likely N-dealkylation sites (tertiary alicyclic amines) is 1. The molecule has 0 spiro atoms. The molecule has 2 aromatic carbocycles. The van der Waals surface area contributed by atoms with Crippen LogP contribution < -0.4 is 5.32 Å². The Morgan fingerprint density at radius 1 is 1.00 bits per heavy atom. The van der Waals surface area contributed by atoms with Gasteiger partial charge in [-0.3, -0.25) is 4.79 Å². The van der Waals surface area contributed by atoms with Crippen LogP contribution in [0.2, 0.25) is 0 Å². The summed E-state index contributed by atoms with van der Waals surface area (Å²) in [5.74, 6) is 0.165. The zero-order valence-corrected chi connectivity index (χ0v) is 15.6. The summed E-state index contributed by atoms with van der Waals surface area (Å²) in [7, 11) is 0. The molecular formula is C23H28N2O. The van der Waals surface area contributed by atoms with Crippen molar-refractivity contribution >= 4 is 5.91 Å². The minimum atomic E-state index is 0.165. The average Bonchev–Trinajstić information content (AvgIpc) is 3.29. The van der Waals surface area contributed by atoms with Crippen LogP contribution in [0.1, 0.15) is 49.8 Å². The molecule has 0 bridgehead atoms. The topological polar surface area (TPSA) is 32.3 Å². The zero-order chi connectivity index (χ0) is 17.9. The third kappa shape index (κ3) is 3.83. The van der Waals surface area contributed by atoms with Gasteiger partial charge in [-0.25, -0.2) is 0 Å². The Labute approximate surface area is 156 Å². The highest BCUT2D eigenvalue weighted by Crippen LogP contribution is 2.27. The van der Waals surface area contributed by atoms with Crippen LogP contribution in [0, 0.1) is 0 Å². The second-order valence-corrected chi connectivity index (χ2v) is 7.75. The first-order chi connectivity index (χ1) is 12.7. The molecule has 3 nitrogen and oxygen atoms in total. The molecule has 0 aromatic heterocycles. The standard InChI is InChI=1S/C23H28N2O/c1-17-3-2-15-25(17)16-14-18-4-6-19(7-5-18)20-8-10-21(11-9-20)22-12-13-23(26)24-22/h4-11,17,22H,2-3,12-16H2,1H3,(H,24,26)/t17-,22?/m1/s1. The summed E-state index contributed by atoms with van der Waals surface area (Å²) >= 11 is 0. The average molecular weight is 348 g/mol. The number of benzene rings is 2. The smallest absolute Gasteiger partial charge is 0.220 e. The van der Waals surface area contributed by atoms with Crippen LogP contribution in [0.15, 0.2) is 48.5 Å². The highest BCUT2D eigenvalue weighted by molar-refractivity contribution is 5.78. The molecule has 1 amide bonds. The van der Waals surface area contributed by atoms with Crippen LogP contribution in [0.25, 0.3) is 11.1 Å². The first-order valence-corrected chi connectivity index (χ1v) is 9.92. The molecular weight excluding hydrogens is 320 g/mol. The van der Waals surface area contributed by atoms with E-state index in [0.717, 1.165) is 18.9 Å². The van der Waals surface area contributed by atoms with E-state index in [0.29, 0.717) is 6.42 Å². The largest absolute Gasteiger partial charge is 0.349 e. The Hall–Kier alpha value is -2.13. The van der Waals surface area contributed by atoms with E-state index in [4.69, 9.17) is 0 Å². The van der Waals surface area contributed by atoms with Gasteiger partial charge in [0.05, 0.1) is 6.04 Å². The minimum Gasteiger partial charge on any atom is -0.349 e. The monoisotopic (exact) mass is 348 g/mol. The van der Waals surface area contributed by atoms with Crippen molar-refractivity contribution in [3.63, 3.8) is 0 Å². The summed E-state index contributed by atoms with van der Waals surface area (Å²) in [5, 5.41) is 3.03. The predicted molar refractivity (Wildman–Crippen MR) is 106 cm³/mol. The molecule has 3 heteroatoms.